The molecule has 1 heterocycles. The van der Waals surface area contributed by atoms with E-state index < -0.39 is 0 Å². The Bertz CT molecular complexity index is 766. The molecule has 3 aromatic rings. The van der Waals surface area contributed by atoms with Crippen molar-refractivity contribution in [3.8, 4) is 0 Å². The van der Waals surface area contributed by atoms with Gasteiger partial charge in [-0.05, 0) is 23.6 Å². The fourth-order valence-electron chi connectivity index (χ4n) is 2.67. The first-order valence-corrected chi connectivity index (χ1v) is 6.97. The van der Waals surface area contributed by atoms with Gasteiger partial charge in [-0.25, -0.2) is 4.39 Å². The average Bonchev–Trinajstić information content (AvgIpc) is 2.92. The van der Waals surface area contributed by atoms with Gasteiger partial charge in [0.1, 0.15) is 5.82 Å². The Kier molecular flexibility index (Phi) is 3.66. The molecule has 0 saturated carbocycles. The molecule has 0 aliphatic heterocycles. The Hall–Kier alpha value is -2.27. The first-order chi connectivity index (χ1) is 10.2. The minimum atomic E-state index is -0.201. The van der Waals surface area contributed by atoms with Gasteiger partial charge in [0, 0.05) is 12.4 Å². The number of hydrogen-bond acceptors (Lipinski definition) is 3. The van der Waals surface area contributed by atoms with Crippen molar-refractivity contribution < 1.29 is 4.39 Å². The summed E-state index contributed by atoms with van der Waals surface area (Å²) in [6, 6.07) is 10.8. The van der Waals surface area contributed by atoms with Crippen molar-refractivity contribution in [2.75, 3.05) is 6.54 Å². The van der Waals surface area contributed by atoms with Crippen LogP contribution in [0.5, 0.6) is 0 Å². The lowest BCUT2D eigenvalue weighted by molar-refractivity contribution is 0.569. The van der Waals surface area contributed by atoms with Crippen LogP contribution in [0.1, 0.15) is 24.2 Å². The Labute approximate surface area is 122 Å². The minimum Gasteiger partial charge on any atom is -0.305 e. The summed E-state index contributed by atoms with van der Waals surface area (Å²) in [5, 5.41) is 12.9. The number of benzene rings is 2. The number of nitrogens with zero attached hydrogens (tertiary/aromatic N) is 3. The molecule has 2 aromatic carbocycles. The highest BCUT2D eigenvalue weighted by Gasteiger charge is 2.20. The molecule has 0 radical (unpaired) electrons. The molecule has 0 amide bonds. The highest BCUT2D eigenvalue weighted by molar-refractivity contribution is 5.87. The van der Waals surface area contributed by atoms with Crippen molar-refractivity contribution in [2.45, 2.75) is 13.0 Å². The SMILES string of the molecule is CCNC(c1ccc(F)c2ccccc12)c1cnnn1C. The molecule has 4 nitrogen and oxygen atoms in total. The highest BCUT2D eigenvalue weighted by atomic mass is 19.1. The van der Waals surface area contributed by atoms with E-state index in [9.17, 15) is 4.39 Å². The molecule has 0 aliphatic carbocycles. The van der Waals surface area contributed by atoms with Crippen molar-refractivity contribution in [3.05, 3.63) is 59.7 Å². The van der Waals surface area contributed by atoms with E-state index in [1.54, 1.807) is 16.9 Å². The Morgan fingerprint density at radius 2 is 1.95 bits per heavy atom. The Morgan fingerprint density at radius 3 is 2.62 bits per heavy atom. The topological polar surface area (TPSA) is 42.7 Å². The molecule has 0 bridgehead atoms. The third-order valence-corrected chi connectivity index (χ3v) is 3.67. The predicted octanol–water partition coefficient (Wildman–Crippen LogP) is 2.81. The molecule has 21 heavy (non-hydrogen) atoms. The van der Waals surface area contributed by atoms with Gasteiger partial charge in [-0.1, -0.05) is 42.5 Å². The van der Waals surface area contributed by atoms with E-state index in [-0.39, 0.29) is 11.9 Å². The third-order valence-electron chi connectivity index (χ3n) is 3.67. The first-order valence-electron chi connectivity index (χ1n) is 6.97. The lowest BCUT2D eigenvalue weighted by Gasteiger charge is -2.20. The Morgan fingerprint density at radius 1 is 1.19 bits per heavy atom. The van der Waals surface area contributed by atoms with Crippen LogP contribution in [0.25, 0.3) is 10.8 Å². The second kappa shape index (κ2) is 5.61. The predicted molar refractivity (Wildman–Crippen MR) is 80.4 cm³/mol. The van der Waals surface area contributed by atoms with Gasteiger partial charge in [-0.3, -0.25) is 4.68 Å². The second-order valence-corrected chi connectivity index (χ2v) is 4.96. The molecular formula is C16H17FN4. The van der Waals surface area contributed by atoms with Crippen LogP contribution in [0.3, 0.4) is 0 Å². The second-order valence-electron chi connectivity index (χ2n) is 4.96. The maximum absolute atomic E-state index is 14.0. The third kappa shape index (κ3) is 2.40. The van der Waals surface area contributed by atoms with Crippen LogP contribution >= 0.6 is 0 Å². The van der Waals surface area contributed by atoms with Crippen LogP contribution < -0.4 is 5.32 Å². The minimum absolute atomic E-state index is 0.0690. The fraction of sp³-hybridized carbons (Fsp3) is 0.250. The maximum Gasteiger partial charge on any atom is 0.131 e. The number of fused-ring (bicyclic) bond motifs is 1. The van der Waals surface area contributed by atoms with Crippen molar-refractivity contribution in [1.29, 1.82) is 0 Å². The van der Waals surface area contributed by atoms with Gasteiger partial charge in [-0.2, -0.15) is 0 Å². The summed E-state index contributed by atoms with van der Waals surface area (Å²) >= 11 is 0. The van der Waals surface area contributed by atoms with Crippen LogP contribution in [-0.4, -0.2) is 21.5 Å². The van der Waals surface area contributed by atoms with E-state index in [1.807, 2.05) is 38.2 Å². The van der Waals surface area contributed by atoms with Crippen LogP contribution in [0, 0.1) is 5.82 Å². The standard InChI is InChI=1S/C16H17FN4/c1-3-18-16(15-10-19-20-21(15)2)13-8-9-14(17)12-7-5-4-6-11(12)13/h4-10,16,18H,3H2,1-2H3. The van der Waals surface area contributed by atoms with Crippen LogP contribution in [0.2, 0.25) is 0 Å². The summed E-state index contributed by atoms with van der Waals surface area (Å²) in [5.74, 6) is -0.201. The van der Waals surface area contributed by atoms with E-state index in [2.05, 4.69) is 15.6 Å². The molecule has 1 aromatic heterocycles. The van der Waals surface area contributed by atoms with E-state index >= 15 is 0 Å². The summed E-state index contributed by atoms with van der Waals surface area (Å²) < 4.78 is 15.7. The molecule has 0 saturated heterocycles. The van der Waals surface area contributed by atoms with Crippen LogP contribution in [0.15, 0.2) is 42.6 Å². The molecule has 0 fully saturated rings. The van der Waals surface area contributed by atoms with Gasteiger partial charge in [0.15, 0.2) is 0 Å². The largest absolute Gasteiger partial charge is 0.305 e. The maximum atomic E-state index is 14.0. The van der Waals surface area contributed by atoms with Crippen molar-refractivity contribution in [1.82, 2.24) is 20.3 Å². The monoisotopic (exact) mass is 284 g/mol. The number of nitrogens with one attached hydrogen (secondary N) is 1. The van der Waals surface area contributed by atoms with Gasteiger partial charge in [0.25, 0.3) is 0 Å². The zero-order valence-corrected chi connectivity index (χ0v) is 12.0. The molecule has 0 aliphatic rings. The summed E-state index contributed by atoms with van der Waals surface area (Å²) in [6.07, 6.45) is 1.74. The molecule has 0 spiro atoms. The fourth-order valence-corrected chi connectivity index (χ4v) is 2.67. The molecule has 3 rings (SSSR count). The summed E-state index contributed by atoms with van der Waals surface area (Å²) in [7, 11) is 1.86. The summed E-state index contributed by atoms with van der Waals surface area (Å²) in [5.41, 5.74) is 1.98. The summed E-state index contributed by atoms with van der Waals surface area (Å²) in [6.45, 7) is 2.84. The van der Waals surface area contributed by atoms with Crippen LogP contribution in [0.4, 0.5) is 4.39 Å². The Balaban J connectivity index is 2.21. The smallest absolute Gasteiger partial charge is 0.131 e. The quantitative estimate of drug-likeness (QED) is 0.801. The zero-order valence-electron chi connectivity index (χ0n) is 12.0. The lowest BCUT2D eigenvalue weighted by atomic mass is 9.96. The van der Waals surface area contributed by atoms with E-state index in [0.717, 1.165) is 23.2 Å². The van der Waals surface area contributed by atoms with Crippen molar-refractivity contribution in [3.63, 3.8) is 0 Å². The number of aryl methyl sites for hydroxylation is 1. The molecule has 1 unspecified atom stereocenters. The van der Waals surface area contributed by atoms with Gasteiger partial charge in [0.05, 0.1) is 17.9 Å². The van der Waals surface area contributed by atoms with Gasteiger partial charge in [-0.15, -0.1) is 5.10 Å². The average molecular weight is 284 g/mol. The summed E-state index contributed by atoms with van der Waals surface area (Å²) in [4.78, 5) is 0. The number of rotatable bonds is 4. The van der Waals surface area contributed by atoms with Crippen molar-refractivity contribution in [2.24, 2.45) is 7.05 Å². The zero-order chi connectivity index (χ0) is 14.8. The molecule has 1 N–H and O–H groups in total. The lowest BCUT2D eigenvalue weighted by Crippen LogP contribution is -2.24. The molecular weight excluding hydrogens is 267 g/mol. The molecule has 1 atom stereocenters. The van der Waals surface area contributed by atoms with E-state index in [4.69, 9.17) is 0 Å². The van der Waals surface area contributed by atoms with E-state index in [0.29, 0.717) is 5.39 Å². The van der Waals surface area contributed by atoms with Gasteiger partial charge >= 0.3 is 0 Å². The highest BCUT2D eigenvalue weighted by Crippen LogP contribution is 2.29. The normalized spacial score (nSPS) is 12.7. The number of aromatic nitrogens is 3. The van der Waals surface area contributed by atoms with Gasteiger partial charge in [0.2, 0.25) is 0 Å². The molecule has 108 valence electrons. The number of halogens is 1. The van der Waals surface area contributed by atoms with Gasteiger partial charge < -0.3 is 5.32 Å². The number of hydrogen-bond donors (Lipinski definition) is 1. The first kappa shape index (κ1) is 13.7. The van der Waals surface area contributed by atoms with Crippen molar-refractivity contribution >= 4 is 10.8 Å². The van der Waals surface area contributed by atoms with E-state index in [1.165, 1.54) is 6.07 Å². The molecule has 5 heteroatoms. The van der Waals surface area contributed by atoms with Crippen LogP contribution in [-0.2, 0) is 7.05 Å².